The van der Waals surface area contributed by atoms with Crippen molar-refractivity contribution >= 4 is 22.7 Å². The molecule has 0 saturated heterocycles. The van der Waals surface area contributed by atoms with Gasteiger partial charge in [-0.05, 0) is 36.4 Å². The molecule has 1 heterocycles. The molecule has 1 aromatic heterocycles. The number of para-hydroxylation sites is 2. The van der Waals surface area contributed by atoms with E-state index >= 15 is 0 Å². The number of hydrogen-bond acceptors (Lipinski definition) is 2. The number of benzene rings is 2. The molecule has 3 rings (SSSR count). The molecule has 3 nitrogen and oxygen atoms in total. The Balaban J connectivity index is 2.00. The number of imidazole rings is 1. The quantitative estimate of drug-likeness (QED) is 0.745. The maximum Gasteiger partial charge on any atom is 0.208 e. The van der Waals surface area contributed by atoms with Gasteiger partial charge in [-0.1, -0.05) is 12.1 Å². The van der Waals surface area contributed by atoms with Crippen LogP contribution in [0, 0.1) is 5.82 Å². The Morgan fingerprint density at radius 1 is 1.06 bits per heavy atom. The number of nitrogens with zero attached hydrogens (tertiary/aromatic N) is 2. The normalized spacial score (nSPS) is 10.8. The summed E-state index contributed by atoms with van der Waals surface area (Å²) in [6.07, 6.45) is 0. The number of rotatable bonds is 2. The van der Waals surface area contributed by atoms with Crippen molar-refractivity contribution in [1.82, 2.24) is 9.97 Å². The van der Waals surface area contributed by atoms with E-state index in [0.29, 0.717) is 0 Å². The second-order valence-corrected chi connectivity index (χ2v) is 4.11. The van der Waals surface area contributed by atoms with E-state index in [0.717, 1.165) is 22.7 Å². The number of hydrogen-bond donors (Lipinski definition) is 1. The van der Waals surface area contributed by atoms with E-state index in [1.165, 1.54) is 12.1 Å². The van der Waals surface area contributed by atoms with Gasteiger partial charge in [0.2, 0.25) is 5.95 Å². The van der Waals surface area contributed by atoms with Crippen LogP contribution in [-0.2, 0) is 0 Å². The van der Waals surface area contributed by atoms with Gasteiger partial charge in [0.05, 0.1) is 11.0 Å². The molecule has 0 bridgehead atoms. The van der Waals surface area contributed by atoms with Gasteiger partial charge < -0.3 is 9.88 Å². The largest absolute Gasteiger partial charge is 0.324 e. The summed E-state index contributed by atoms with van der Waals surface area (Å²) in [6, 6.07) is 14.2. The molecule has 90 valence electrons. The van der Waals surface area contributed by atoms with Gasteiger partial charge in [0.25, 0.3) is 0 Å². The maximum atomic E-state index is 12.9. The van der Waals surface area contributed by atoms with Gasteiger partial charge in [-0.15, -0.1) is 0 Å². The van der Waals surface area contributed by atoms with Crippen molar-refractivity contribution in [3.05, 3.63) is 54.3 Å². The van der Waals surface area contributed by atoms with Crippen molar-refractivity contribution in [1.29, 1.82) is 0 Å². The summed E-state index contributed by atoms with van der Waals surface area (Å²) < 4.78 is 12.9. The van der Waals surface area contributed by atoms with Crippen LogP contribution in [0.2, 0.25) is 0 Å². The summed E-state index contributed by atoms with van der Waals surface area (Å²) in [7, 11) is 1.89. The summed E-state index contributed by atoms with van der Waals surface area (Å²) in [5.41, 5.74) is 2.79. The minimum atomic E-state index is -0.239. The molecule has 0 aliphatic carbocycles. The zero-order chi connectivity index (χ0) is 12.5. The lowest BCUT2D eigenvalue weighted by Gasteiger charge is -2.15. The van der Waals surface area contributed by atoms with Crippen molar-refractivity contribution in [2.75, 3.05) is 11.9 Å². The van der Waals surface area contributed by atoms with Crippen molar-refractivity contribution < 1.29 is 4.39 Å². The van der Waals surface area contributed by atoms with Crippen LogP contribution in [0.1, 0.15) is 0 Å². The molecule has 0 saturated carbocycles. The predicted octanol–water partition coefficient (Wildman–Crippen LogP) is 3.47. The first-order chi connectivity index (χ1) is 8.74. The highest BCUT2D eigenvalue weighted by molar-refractivity contribution is 5.78. The monoisotopic (exact) mass is 241 g/mol. The molecule has 0 aliphatic heterocycles. The second-order valence-electron chi connectivity index (χ2n) is 4.11. The predicted molar refractivity (Wildman–Crippen MR) is 70.6 cm³/mol. The second kappa shape index (κ2) is 4.14. The fraction of sp³-hybridized carbons (Fsp3) is 0.0714. The van der Waals surface area contributed by atoms with Gasteiger partial charge >= 0.3 is 0 Å². The summed E-state index contributed by atoms with van der Waals surface area (Å²) in [4.78, 5) is 9.61. The maximum absolute atomic E-state index is 12.9. The molecule has 4 heteroatoms. The van der Waals surface area contributed by atoms with Crippen LogP contribution >= 0.6 is 0 Å². The minimum Gasteiger partial charge on any atom is -0.324 e. The highest BCUT2D eigenvalue weighted by Crippen LogP contribution is 2.23. The average Bonchev–Trinajstić information content (AvgIpc) is 2.82. The van der Waals surface area contributed by atoms with Gasteiger partial charge in [0, 0.05) is 12.7 Å². The average molecular weight is 241 g/mol. The van der Waals surface area contributed by atoms with Crippen LogP contribution in [0.15, 0.2) is 48.5 Å². The van der Waals surface area contributed by atoms with Crippen molar-refractivity contribution in [2.45, 2.75) is 0 Å². The van der Waals surface area contributed by atoms with Gasteiger partial charge in [0.15, 0.2) is 0 Å². The molecule has 3 aromatic rings. The fourth-order valence-electron chi connectivity index (χ4n) is 1.89. The first-order valence-electron chi connectivity index (χ1n) is 5.68. The van der Waals surface area contributed by atoms with E-state index in [1.807, 2.05) is 36.2 Å². The van der Waals surface area contributed by atoms with Crippen molar-refractivity contribution in [3.63, 3.8) is 0 Å². The number of H-pyrrole nitrogens is 1. The summed E-state index contributed by atoms with van der Waals surface area (Å²) >= 11 is 0. The molecule has 0 radical (unpaired) electrons. The van der Waals surface area contributed by atoms with Gasteiger partial charge in [0.1, 0.15) is 5.82 Å². The Labute approximate surface area is 104 Å². The molecule has 1 N–H and O–H groups in total. The van der Waals surface area contributed by atoms with Crippen LogP contribution in [0.4, 0.5) is 16.0 Å². The molecule has 0 spiro atoms. The van der Waals surface area contributed by atoms with Crippen LogP contribution in [0.5, 0.6) is 0 Å². The standard InChI is InChI=1S/C14H12FN3/c1-18(11-8-6-10(15)7-9-11)14-16-12-4-2-3-5-13(12)17-14/h2-9H,1H3,(H,16,17). The van der Waals surface area contributed by atoms with Crippen molar-refractivity contribution in [3.8, 4) is 0 Å². The lowest BCUT2D eigenvalue weighted by Crippen LogP contribution is -2.10. The zero-order valence-electron chi connectivity index (χ0n) is 9.89. The van der Waals surface area contributed by atoms with Crippen LogP contribution in [0.3, 0.4) is 0 Å². The van der Waals surface area contributed by atoms with E-state index in [9.17, 15) is 4.39 Å². The highest BCUT2D eigenvalue weighted by atomic mass is 19.1. The summed E-state index contributed by atoms with van der Waals surface area (Å²) in [6.45, 7) is 0. The van der Waals surface area contributed by atoms with Gasteiger partial charge in [-0.3, -0.25) is 0 Å². The Kier molecular flexibility index (Phi) is 2.48. The molecule has 2 aromatic carbocycles. The van der Waals surface area contributed by atoms with Crippen LogP contribution in [0.25, 0.3) is 11.0 Å². The number of halogens is 1. The lowest BCUT2D eigenvalue weighted by molar-refractivity contribution is 0.628. The first-order valence-corrected chi connectivity index (χ1v) is 5.68. The lowest BCUT2D eigenvalue weighted by atomic mass is 10.3. The first kappa shape index (κ1) is 10.8. The Hall–Kier alpha value is -2.36. The topological polar surface area (TPSA) is 31.9 Å². The van der Waals surface area contributed by atoms with E-state index in [-0.39, 0.29) is 5.82 Å². The number of aromatic nitrogens is 2. The zero-order valence-corrected chi connectivity index (χ0v) is 9.89. The third-order valence-electron chi connectivity index (χ3n) is 2.91. The molecule has 18 heavy (non-hydrogen) atoms. The summed E-state index contributed by atoms with van der Waals surface area (Å²) in [5.74, 6) is 0.500. The van der Waals surface area contributed by atoms with Gasteiger partial charge in [-0.25, -0.2) is 9.37 Å². The SMILES string of the molecule is CN(c1ccc(F)cc1)c1nc2ccccc2[nH]1. The molecule has 0 fully saturated rings. The number of fused-ring (bicyclic) bond motifs is 1. The number of aromatic amines is 1. The van der Waals surface area contributed by atoms with Crippen LogP contribution < -0.4 is 4.90 Å². The Morgan fingerprint density at radius 2 is 1.78 bits per heavy atom. The molecule has 0 unspecified atom stereocenters. The minimum absolute atomic E-state index is 0.239. The fourth-order valence-corrected chi connectivity index (χ4v) is 1.89. The smallest absolute Gasteiger partial charge is 0.208 e. The molecule has 0 atom stereocenters. The van der Waals surface area contributed by atoms with E-state index in [4.69, 9.17) is 0 Å². The molecular formula is C14H12FN3. The summed E-state index contributed by atoms with van der Waals surface area (Å²) in [5, 5.41) is 0. The van der Waals surface area contributed by atoms with E-state index < -0.39 is 0 Å². The Bertz CT molecular complexity index is 640. The Morgan fingerprint density at radius 3 is 2.50 bits per heavy atom. The number of nitrogens with one attached hydrogen (secondary N) is 1. The van der Waals surface area contributed by atoms with Crippen LogP contribution in [-0.4, -0.2) is 17.0 Å². The van der Waals surface area contributed by atoms with Crippen molar-refractivity contribution in [2.24, 2.45) is 0 Å². The molecule has 0 amide bonds. The van der Waals surface area contributed by atoms with Gasteiger partial charge in [-0.2, -0.15) is 0 Å². The molecular weight excluding hydrogens is 229 g/mol. The molecule has 0 aliphatic rings. The van der Waals surface area contributed by atoms with E-state index in [1.54, 1.807) is 12.1 Å². The number of anilines is 2. The third kappa shape index (κ3) is 1.82. The van der Waals surface area contributed by atoms with E-state index in [2.05, 4.69) is 9.97 Å². The highest BCUT2D eigenvalue weighted by Gasteiger charge is 2.08. The third-order valence-corrected chi connectivity index (χ3v) is 2.91.